The number of nitrogen functional groups attached to an aromatic ring is 1. The van der Waals surface area contributed by atoms with Crippen LogP contribution in [-0.2, 0) is 0 Å². The van der Waals surface area contributed by atoms with Gasteiger partial charge in [-0.1, -0.05) is 0 Å². The molecule has 0 radical (unpaired) electrons. The highest BCUT2D eigenvalue weighted by Crippen LogP contribution is 2.33. The van der Waals surface area contributed by atoms with Crippen LogP contribution in [0.15, 0.2) is 34.4 Å². The lowest BCUT2D eigenvalue weighted by atomic mass is 10.2. The average molecular weight is 307 g/mol. The summed E-state index contributed by atoms with van der Waals surface area (Å²) in [6.45, 7) is 0. The second kappa shape index (κ2) is 4.05. The Bertz CT molecular complexity index is 681. The van der Waals surface area contributed by atoms with Crippen molar-refractivity contribution in [1.29, 1.82) is 0 Å². The van der Waals surface area contributed by atoms with Gasteiger partial charge in [-0.2, -0.15) is 0 Å². The number of halogens is 1. The molecule has 0 saturated heterocycles. The number of nitrogens with two attached hydrogens (primary N) is 1. The van der Waals surface area contributed by atoms with E-state index in [0.29, 0.717) is 11.6 Å². The third-order valence-electron chi connectivity index (χ3n) is 2.34. The molecule has 3 aromatic rings. The van der Waals surface area contributed by atoms with Gasteiger partial charge in [0, 0.05) is 23.3 Å². The van der Waals surface area contributed by atoms with E-state index >= 15 is 0 Å². The Morgan fingerprint density at radius 1 is 1.18 bits per heavy atom. The molecular weight excluding hydrogens is 300 g/mol. The first-order valence-electron chi connectivity index (χ1n) is 4.86. The molecule has 0 saturated carbocycles. The second-order valence-corrected chi connectivity index (χ2v) is 5.16. The summed E-state index contributed by atoms with van der Waals surface area (Å²) in [4.78, 5) is 12.8. The average Bonchev–Trinajstić information content (AvgIpc) is 2.73. The molecule has 0 aliphatic carbocycles. The van der Waals surface area contributed by atoms with Crippen LogP contribution in [0.3, 0.4) is 0 Å². The molecular formula is C11H7BrN4S. The fourth-order valence-corrected chi connectivity index (χ4v) is 3.01. The summed E-state index contributed by atoms with van der Waals surface area (Å²) in [6, 6.07) is 3.72. The summed E-state index contributed by atoms with van der Waals surface area (Å²) >= 11 is 5.00. The van der Waals surface area contributed by atoms with Crippen molar-refractivity contribution in [3.05, 3.63) is 34.4 Å². The molecule has 0 amide bonds. The smallest absolute Gasteiger partial charge is 0.162 e. The molecule has 0 aromatic carbocycles. The third kappa shape index (κ3) is 1.79. The van der Waals surface area contributed by atoms with Crippen molar-refractivity contribution in [3.63, 3.8) is 0 Å². The molecule has 0 aliphatic heterocycles. The van der Waals surface area contributed by atoms with E-state index in [4.69, 9.17) is 5.73 Å². The van der Waals surface area contributed by atoms with E-state index in [1.807, 2.05) is 17.5 Å². The van der Waals surface area contributed by atoms with Gasteiger partial charge in [-0.05, 0) is 28.1 Å². The van der Waals surface area contributed by atoms with Crippen LogP contribution in [0, 0.1) is 0 Å². The van der Waals surface area contributed by atoms with Crippen LogP contribution < -0.4 is 5.73 Å². The Hall–Kier alpha value is -1.53. The summed E-state index contributed by atoms with van der Waals surface area (Å²) in [5.74, 6) is 1.13. The molecule has 0 aliphatic rings. The maximum Gasteiger partial charge on any atom is 0.162 e. The van der Waals surface area contributed by atoms with Gasteiger partial charge in [-0.3, -0.25) is 4.98 Å². The molecule has 0 bridgehead atoms. The predicted molar refractivity (Wildman–Crippen MR) is 72.8 cm³/mol. The van der Waals surface area contributed by atoms with Crippen molar-refractivity contribution >= 4 is 43.3 Å². The van der Waals surface area contributed by atoms with E-state index in [2.05, 4.69) is 30.9 Å². The van der Waals surface area contributed by atoms with Crippen LogP contribution in [0.5, 0.6) is 0 Å². The van der Waals surface area contributed by atoms with Crippen molar-refractivity contribution < 1.29 is 0 Å². The van der Waals surface area contributed by atoms with Gasteiger partial charge in [-0.15, -0.1) is 11.3 Å². The van der Waals surface area contributed by atoms with Gasteiger partial charge in [0.25, 0.3) is 0 Å². The van der Waals surface area contributed by atoms with Crippen LogP contribution in [0.1, 0.15) is 0 Å². The fourth-order valence-electron chi connectivity index (χ4n) is 1.54. The number of rotatable bonds is 1. The zero-order valence-corrected chi connectivity index (χ0v) is 11.0. The topological polar surface area (TPSA) is 64.7 Å². The first kappa shape index (κ1) is 10.6. The summed E-state index contributed by atoms with van der Waals surface area (Å²) in [7, 11) is 0. The Morgan fingerprint density at radius 3 is 2.71 bits per heavy atom. The maximum absolute atomic E-state index is 5.93. The van der Waals surface area contributed by atoms with E-state index in [0.717, 1.165) is 20.3 Å². The Balaban J connectivity index is 2.28. The van der Waals surface area contributed by atoms with Crippen LogP contribution in [0.4, 0.5) is 5.82 Å². The van der Waals surface area contributed by atoms with Crippen LogP contribution in [0.2, 0.25) is 0 Å². The van der Waals surface area contributed by atoms with Gasteiger partial charge in [0.15, 0.2) is 5.82 Å². The van der Waals surface area contributed by atoms with E-state index in [1.54, 1.807) is 12.4 Å². The minimum atomic E-state index is 0.512. The number of fused-ring (bicyclic) bond motifs is 1. The molecule has 3 rings (SSSR count). The number of hydrogen-bond acceptors (Lipinski definition) is 5. The number of hydrogen-bond donors (Lipinski definition) is 1. The molecule has 17 heavy (non-hydrogen) atoms. The molecule has 3 aromatic heterocycles. The van der Waals surface area contributed by atoms with Gasteiger partial charge < -0.3 is 5.73 Å². The van der Waals surface area contributed by atoms with Crippen LogP contribution in [-0.4, -0.2) is 15.0 Å². The molecule has 84 valence electrons. The highest BCUT2D eigenvalue weighted by atomic mass is 79.9. The highest BCUT2D eigenvalue weighted by Gasteiger charge is 2.11. The quantitative estimate of drug-likeness (QED) is 0.750. The molecule has 0 unspecified atom stereocenters. The summed E-state index contributed by atoms with van der Waals surface area (Å²) < 4.78 is 1.86. The number of thiophene rings is 1. The molecule has 6 heteroatoms. The van der Waals surface area contributed by atoms with Gasteiger partial charge in [-0.25, -0.2) is 9.97 Å². The lowest BCUT2D eigenvalue weighted by Gasteiger charge is -2.02. The van der Waals surface area contributed by atoms with Crippen molar-refractivity contribution in [1.82, 2.24) is 15.0 Å². The SMILES string of the molecule is Nc1nc(-c2ccncc2)nc2c(Br)csc12. The summed E-state index contributed by atoms with van der Waals surface area (Å²) in [5, 5.41) is 1.96. The number of anilines is 1. The summed E-state index contributed by atoms with van der Waals surface area (Å²) in [5.41, 5.74) is 7.70. The Morgan fingerprint density at radius 2 is 1.94 bits per heavy atom. The van der Waals surface area contributed by atoms with E-state index < -0.39 is 0 Å². The monoisotopic (exact) mass is 306 g/mol. The van der Waals surface area contributed by atoms with Crippen LogP contribution in [0.25, 0.3) is 21.6 Å². The molecule has 3 heterocycles. The highest BCUT2D eigenvalue weighted by molar-refractivity contribution is 9.10. The largest absolute Gasteiger partial charge is 0.382 e. The first-order chi connectivity index (χ1) is 8.25. The minimum absolute atomic E-state index is 0.512. The molecule has 0 fully saturated rings. The van der Waals surface area contributed by atoms with E-state index in [-0.39, 0.29) is 0 Å². The van der Waals surface area contributed by atoms with Crippen molar-refractivity contribution in [3.8, 4) is 11.4 Å². The van der Waals surface area contributed by atoms with Crippen molar-refractivity contribution in [2.45, 2.75) is 0 Å². The normalized spacial score (nSPS) is 10.9. The number of aromatic nitrogens is 3. The standard InChI is InChI=1S/C11H7BrN4S/c12-7-5-17-9-8(7)15-11(16-10(9)13)6-1-3-14-4-2-6/h1-5H,(H2,13,15,16). The molecule has 0 spiro atoms. The Kier molecular flexibility index (Phi) is 2.53. The summed E-state index contributed by atoms with van der Waals surface area (Å²) in [6.07, 6.45) is 3.42. The van der Waals surface area contributed by atoms with Gasteiger partial charge in [0.05, 0.1) is 9.17 Å². The van der Waals surface area contributed by atoms with Crippen molar-refractivity contribution in [2.75, 3.05) is 5.73 Å². The number of pyridine rings is 1. The molecule has 2 N–H and O–H groups in total. The fraction of sp³-hybridized carbons (Fsp3) is 0. The predicted octanol–water partition coefficient (Wildman–Crippen LogP) is 3.10. The first-order valence-corrected chi connectivity index (χ1v) is 6.53. The zero-order chi connectivity index (χ0) is 11.8. The lowest BCUT2D eigenvalue weighted by molar-refractivity contribution is 1.22. The Labute approximate surface area is 110 Å². The van der Waals surface area contributed by atoms with E-state index in [1.165, 1.54) is 11.3 Å². The number of nitrogens with zero attached hydrogens (tertiary/aromatic N) is 3. The molecule has 4 nitrogen and oxygen atoms in total. The van der Waals surface area contributed by atoms with Gasteiger partial charge in [0.1, 0.15) is 11.3 Å². The third-order valence-corrected chi connectivity index (χ3v) is 4.24. The second-order valence-electron chi connectivity index (χ2n) is 3.43. The lowest BCUT2D eigenvalue weighted by Crippen LogP contribution is -1.96. The van der Waals surface area contributed by atoms with E-state index in [9.17, 15) is 0 Å². The minimum Gasteiger partial charge on any atom is -0.382 e. The molecule has 0 atom stereocenters. The van der Waals surface area contributed by atoms with Crippen molar-refractivity contribution in [2.24, 2.45) is 0 Å². The van der Waals surface area contributed by atoms with Crippen LogP contribution >= 0.6 is 27.3 Å². The van der Waals surface area contributed by atoms with Gasteiger partial charge in [0.2, 0.25) is 0 Å². The van der Waals surface area contributed by atoms with Gasteiger partial charge >= 0.3 is 0 Å². The maximum atomic E-state index is 5.93. The zero-order valence-electron chi connectivity index (χ0n) is 8.59.